The molecule has 1 saturated heterocycles. The molecule has 11 heavy (non-hydrogen) atoms. The van der Waals surface area contributed by atoms with Gasteiger partial charge in [-0.1, -0.05) is 0 Å². The number of nitrogens with two attached hydrogens (primary N) is 1. The molecule has 0 aromatic carbocycles. The molecule has 1 fully saturated rings. The summed E-state index contributed by atoms with van der Waals surface area (Å²) < 4.78 is 0. The first kappa shape index (κ1) is 7.32. The maximum absolute atomic E-state index is 10.5. The van der Waals surface area contributed by atoms with Gasteiger partial charge in [0.1, 0.15) is 6.42 Å². The first-order valence-corrected chi connectivity index (χ1v) is 2.65. The van der Waals surface area contributed by atoms with Crippen LogP contribution in [0.2, 0.25) is 0 Å². The van der Waals surface area contributed by atoms with Crippen molar-refractivity contribution in [1.82, 2.24) is 5.23 Å². The Morgan fingerprint density at radius 3 is 2.27 bits per heavy atom. The molecule has 1 aliphatic heterocycles. The lowest BCUT2D eigenvalue weighted by Crippen LogP contribution is -2.44. The van der Waals surface area contributed by atoms with E-state index in [4.69, 9.17) is 11.1 Å². The van der Waals surface area contributed by atoms with Gasteiger partial charge in [0.05, 0.1) is 0 Å². The number of carbonyl (C=O) groups excluding carboxylic acids is 2. The van der Waals surface area contributed by atoms with Crippen molar-refractivity contribution in [3.05, 3.63) is 0 Å². The Balaban J connectivity index is 2.63. The summed E-state index contributed by atoms with van der Waals surface area (Å²) in [5, 5.41) is 6.98. The number of guanidine groups is 1. The minimum Gasteiger partial charge on any atom is -0.365 e. The van der Waals surface area contributed by atoms with Gasteiger partial charge in [-0.3, -0.25) is 5.41 Å². The number of carbonyl (C=O) groups is 2. The molecule has 0 atom stereocenters. The quantitative estimate of drug-likeness (QED) is 0.253. The highest BCUT2D eigenvalue weighted by molar-refractivity contribution is 5.93. The van der Waals surface area contributed by atoms with Crippen LogP contribution < -0.4 is 5.73 Å². The first-order valence-electron chi connectivity index (χ1n) is 2.65. The van der Waals surface area contributed by atoms with Gasteiger partial charge >= 0.3 is 11.9 Å². The van der Waals surface area contributed by atoms with E-state index < -0.39 is 24.3 Å². The second kappa shape index (κ2) is 2.45. The van der Waals surface area contributed by atoms with Crippen molar-refractivity contribution in [2.45, 2.75) is 6.42 Å². The third kappa shape index (κ3) is 1.57. The maximum Gasteiger partial charge on any atom is 0.347 e. The van der Waals surface area contributed by atoms with Gasteiger partial charge in [0, 0.05) is 5.23 Å². The topological polar surface area (TPSA) is 106 Å². The number of nitrogens with one attached hydrogen (secondary N) is 1. The van der Waals surface area contributed by atoms with Crippen molar-refractivity contribution >= 4 is 17.9 Å². The minimum absolute atomic E-state index is 0.258. The Hall–Kier alpha value is -1.79. The zero-order valence-corrected chi connectivity index (χ0v) is 5.36. The van der Waals surface area contributed by atoms with Crippen LogP contribution in [0.5, 0.6) is 0 Å². The average Bonchev–Trinajstić information content (AvgIpc) is 1.85. The molecule has 7 nitrogen and oxygen atoms in total. The van der Waals surface area contributed by atoms with Crippen LogP contribution >= 0.6 is 0 Å². The second-order valence-electron chi connectivity index (χ2n) is 1.75. The molecule has 0 saturated carbocycles. The number of hydrogen-bond acceptors (Lipinski definition) is 5. The molecule has 0 aromatic heterocycles. The summed E-state index contributed by atoms with van der Waals surface area (Å²) in [5.41, 5.74) is 4.85. The van der Waals surface area contributed by atoms with Crippen molar-refractivity contribution in [3.63, 3.8) is 0 Å². The molecule has 0 unspecified atom stereocenters. The third-order valence-corrected chi connectivity index (χ3v) is 0.855. The molecular formula is C4H5N3O4. The molecule has 0 aromatic rings. The van der Waals surface area contributed by atoms with Gasteiger partial charge in [0.2, 0.25) is 0 Å². The lowest BCUT2D eigenvalue weighted by Gasteiger charge is -2.21. The molecule has 0 aliphatic carbocycles. The van der Waals surface area contributed by atoms with Crippen molar-refractivity contribution in [2.75, 3.05) is 0 Å². The molecule has 0 bridgehead atoms. The maximum atomic E-state index is 10.5. The second-order valence-corrected chi connectivity index (χ2v) is 1.75. The molecule has 7 heteroatoms. The highest BCUT2D eigenvalue weighted by Gasteiger charge is 2.27. The number of hydrogen-bond donors (Lipinski definition) is 2. The highest BCUT2D eigenvalue weighted by Crippen LogP contribution is 2.04. The van der Waals surface area contributed by atoms with E-state index in [0.717, 1.165) is 0 Å². The molecule has 1 aliphatic rings. The van der Waals surface area contributed by atoms with E-state index in [1.807, 2.05) is 0 Å². The van der Waals surface area contributed by atoms with Gasteiger partial charge in [-0.25, -0.2) is 9.59 Å². The Morgan fingerprint density at radius 2 is 1.91 bits per heavy atom. The van der Waals surface area contributed by atoms with Gasteiger partial charge in [-0.2, -0.15) is 0 Å². The number of nitrogens with zero attached hydrogens (tertiary/aromatic N) is 1. The van der Waals surface area contributed by atoms with E-state index in [9.17, 15) is 9.59 Å². The van der Waals surface area contributed by atoms with E-state index in [-0.39, 0.29) is 5.23 Å². The fourth-order valence-corrected chi connectivity index (χ4v) is 0.484. The Kier molecular flexibility index (Phi) is 1.63. The standard InChI is InChI=1S/C4H5N3O4/c5-4(6)7-10-2(8)1-3(9)11-7/h1H2,(H3,5,6). The smallest absolute Gasteiger partial charge is 0.347 e. The van der Waals surface area contributed by atoms with Gasteiger partial charge in [0.25, 0.3) is 5.96 Å². The van der Waals surface area contributed by atoms with Crippen LogP contribution in [0.1, 0.15) is 6.42 Å². The fraction of sp³-hybridized carbons (Fsp3) is 0.250. The highest BCUT2D eigenvalue weighted by atomic mass is 17.0. The largest absolute Gasteiger partial charge is 0.365 e. The molecule has 0 radical (unpaired) electrons. The molecular weight excluding hydrogens is 154 g/mol. The first-order chi connectivity index (χ1) is 5.09. The van der Waals surface area contributed by atoms with Crippen molar-refractivity contribution in [2.24, 2.45) is 5.73 Å². The lowest BCUT2D eigenvalue weighted by atomic mass is 10.4. The Morgan fingerprint density at radius 1 is 1.45 bits per heavy atom. The summed E-state index contributed by atoms with van der Waals surface area (Å²) in [4.78, 5) is 29.4. The van der Waals surface area contributed by atoms with Crippen LogP contribution in [-0.2, 0) is 19.3 Å². The predicted octanol–water partition coefficient (Wildman–Crippen LogP) is -1.50. The van der Waals surface area contributed by atoms with Crippen molar-refractivity contribution in [3.8, 4) is 0 Å². The minimum atomic E-state index is -0.795. The SMILES string of the molecule is N=C(N)N1OC(=O)CC(=O)O1. The molecule has 0 amide bonds. The van der Waals surface area contributed by atoms with Gasteiger partial charge in [-0.15, -0.1) is 0 Å². The molecule has 1 heterocycles. The molecule has 1 rings (SSSR count). The van der Waals surface area contributed by atoms with Crippen LogP contribution in [-0.4, -0.2) is 23.1 Å². The van der Waals surface area contributed by atoms with E-state index >= 15 is 0 Å². The van der Waals surface area contributed by atoms with E-state index in [1.165, 1.54) is 0 Å². The fourth-order valence-electron chi connectivity index (χ4n) is 0.484. The van der Waals surface area contributed by atoms with E-state index in [1.54, 1.807) is 0 Å². The Labute approximate surface area is 61.1 Å². The summed E-state index contributed by atoms with van der Waals surface area (Å²) in [6.45, 7) is 0. The van der Waals surface area contributed by atoms with Crippen LogP contribution in [0.3, 0.4) is 0 Å². The van der Waals surface area contributed by atoms with Gasteiger partial charge in [0.15, 0.2) is 0 Å². The van der Waals surface area contributed by atoms with Gasteiger partial charge < -0.3 is 15.4 Å². The summed E-state index contributed by atoms with van der Waals surface area (Å²) in [6, 6.07) is 0. The van der Waals surface area contributed by atoms with E-state index in [0.29, 0.717) is 0 Å². The van der Waals surface area contributed by atoms with Gasteiger partial charge in [-0.05, 0) is 0 Å². The lowest BCUT2D eigenvalue weighted by molar-refractivity contribution is -0.297. The predicted molar refractivity (Wildman–Crippen MR) is 30.6 cm³/mol. The number of rotatable bonds is 0. The third-order valence-electron chi connectivity index (χ3n) is 0.855. The monoisotopic (exact) mass is 159 g/mol. The summed E-state index contributed by atoms with van der Waals surface area (Å²) in [6.07, 6.45) is -0.455. The average molecular weight is 159 g/mol. The normalized spacial score (nSPS) is 17.3. The zero-order valence-electron chi connectivity index (χ0n) is 5.36. The van der Waals surface area contributed by atoms with Crippen LogP contribution in [0.4, 0.5) is 0 Å². The molecule has 60 valence electrons. The van der Waals surface area contributed by atoms with Crippen molar-refractivity contribution < 1.29 is 19.3 Å². The summed E-state index contributed by atoms with van der Waals surface area (Å²) in [7, 11) is 0. The summed E-state index contributed by atoms with van der Waals surface area (Å²) >= 11 is 0. The van der Waals surface area contributed by atoms with Crippen LogP contribution in [0, 0.1) is 5.41 Å². The van der Waals surface area contributed by atoms with E-state index in [2.05, 4.69) is 9.68 Å². The zero-order chi connectivity index (χ0) is 8.43. The number of hydroxylamine groups is 2. The van der Waals surface area contributed by atoms with Crippen molar-refractivity contribution in [1.29, 1.82) is 5.41 Å². The molecule has 0 spiro atoms. The summed E-state index contributed by atoms with van der Waals surface area (Å²) in [5.74, 6) is -2.25. The van der Waals surface area contributed by atoms with Crippen LogP contribution in [0.25, 0.3) is 0 Å². The van der Waals surface area contributed by atoms with Crippen LogP contribution in [0.15, 0.2) is 0 Å². The Bertz CT molecular complexity index is 209. The molecule has 3 N–H and O–H groups in total.